The van der Waals surface area contributed by atoms with Crippen LogP contribution in [-0.4, -0.2) is 41.2 Å². The van der Waals surface area contributed by atoms with E-state index in [1.165, 1.54) is 18.2 Å². The summed E-state index contributed by atoms with van der Waals surface area (Å²) < 4.78 is 15.0. The highest BCUT2D eigenvalue weighted by atomic mass is 19.1. The van der Waals surface area contributed by atoms with Gasteiger partial charge < -0.3 is 10.2 Å². The second-order valence-electron chi connectivity index (χ2n) is 5.19. The average Bonchev–Trinajstić information content (AvgIpc) is 2.87. The molecule has 1 heterocycles. The fourth-order valence-electron chi connectivity index (χ4n) is 1.83. The van der Waals surface area contributed by atoms with Gasteiger partial charge in [-0.05, 0) is 44.8 Å². The second-order valence-corrected chi connectivity index (χ2v) is 5.19. The van der Waals surface area contributed by atoms with E-state index in [1.54, 1.807) is 17.7 Å². The van der Waals surface area contributed by atoms with Gasteiger partial charge in [0.05, 0.1) is 6.54 Å². The van der Waals surface area contributed by atoms with E-state index in [9.17, 15) is 9.18 Å². The SMILES string of the molecule is Cc1cc(C(=O)Nc2ccn(CCN(C)C)n2)ccc1F. The molecule has 0 saturated carbocycles. The van der Waals surface area contributed by atoms with Crippen molar-refractivity contribution in [1.29, 1.82) is 0 Å². The van der Waals surface area contributed by atoms with Crippen molar-refractivity contribution in [2.75, 3.05) is 26.0 Å². The highest BCUT2D eigenvalue weighted by Crippen LogP contribution is 2.11. The summed E-state index contributed by atoms with van der Waals surface area (Å²) in [6.45, 7) is 3.24. The van der Waals surface area contributed by atoms with Crippen LogP contribution in [-0.2, 0) is 6.54 Å². The molecular weight excluding hydrogens is 271 g/mol. The number of aryl methyl sites for hydroxylation is 1. The molecule has 2 aromatic rings. The number of amides is 1. The normalized spacial score (nSPS) is 10.9. The predicted octanol–water partition coefficient (Wildman–Crippen LogP) is 2.14. The summed E-state index contributed by atoms with van der Waals surface area (Å²) in [5, 5.41) is 6.98. The van der Waals surface area contributed by atoms with Crippen molar-refractivity contribution in [3.8, 4) is 0 Å². The summed E-state index contributed by atoms with van der Waals surface area (Å²) in [4.78, 5) is 14.1. The van der Waals surface area contributed by atoms with Crippen LogP contribution in [0.2, 0.25) is 0 Å². The third-order valence-electron chi connectivity index (χ3n) is 3.08. The van der Waals surface area contributed by atoms with Crippen molar-refractivity contribution in [2.24, 2.45) is 0 Å². The molecule has 21 heavy (non-hydrogen) atoms. The highest BCUT2D eigenvalue weighted by molar-refractivity contribution is 6.03. The topological polar surface area (TPSA) is 50.2 Å². The van der Waals surface area contributed by atoms with E-state index >= 15 is 0 Å². The van der Waals surface area contributed by atoms with E-state index < -0.39 is 0 Å². The molecule has 0 radical (unpaired) electrons. The number of hydrogen-bond acceptors (Lipinski definition) is 3. The van der Waals surface area contributed by atoms with E-state index in [0.717, 1.165) is 13.1 Å². The quantitative estimate of drug-likeness (QED) is 0.918. The summed E-state index contributed by atoms with van der Waals surface area (Å²) in [5.74, 6) is -0.129. The lowest BCUT2D eigenvalue weighted by Gasteiger charge is -2.08. The number of benzene rings is 1. The predicted molar refractivity (Wildman–Crippen MR) is 79.9 cm³/mol. The lowest BCUT2D eigenvalue weighted by atomic mass is 10.1. The van der Waals surface area contributed by atoms with Crippen LogP contribution < -0.4 is 5.32 Å². The standard InChI is InChI=1S/C15H19FN4O/c1-11-10-12(4-5-13(11)16)15(21)17-14-6-7-20(18-14)9-8-19(2)3/h4-7,10H,8-9H2,1-3H3,(H,17,18,21). The van der Waals surface area contributed by atoms with Crippen molar-refractivity contribution in [3.05, 3.63) is 47.4 Å². The Bertz CT molecular complexity index is 636. The second kappa shape index (κ2) is 6.49. The molecule has 0 fully saturated rings. The maximum absolute atomic E-state index is 13.2. The zero-order valence-electron chi connectivity index (χ0n) is 12.4. The van der Waals surface area contributed by atoms with Gasteiger partial charge in [-0.25, -0.2) is 4.39 Å². The molecule has 0 atom stereocenters. The maximum atomic E-state index is 13.2. The number of hydrogen-bond donors (Lipinski definition) is 1. The van der Waals surface area contributed by atoms with Gasteiger partial charge in [-0.3, -0.25) is 9.48 Å². The summed E-state index contributed by atoms with van der Waals surface area (Å²) in [7, 11) is 3.98. The van der Waals surface area contributed by atoms with Crippen molar-refractivity contribution in [2.45, 2.75) is 13.5 Å². The van der Waals surface area contributed by atoms with Crippen molar-refractivity contribution in [3.63, 3.8) is 0 Å². The molecular formula is C15H19FN4O. The van der Waals surface area contributed by atoms with Crippen molar-refractivity contribution >= 4 is 11.7 Å². The van der Waals surface area contributed by atoms with Gasteiger partial charge in [-0.2, -0.15) is 5.10 Å². The van der Waals surface area contributed by atoms with Crippen LogP contribution in [0.15, 0.2) is 30.5 Å². The minimum Gasteiger partial charge on any atom is -0.308 e. The maximum Gasteiger partial charge on any atom is 0.256 e. The first-order chi connectivity index (χ1) is 9.95. The van der Waals surface area contributed by atoms with Gasteiger partial charge >= 0.3 is 0 Å². The smallest absolute Gasteiger partial charge is 0.256 e. The van der Waals surface area contributed by atoms with Crippen LogP contribution in [0.1, 0.15) is 15.9 Å². The molecule has 0 spiro atoms. The van der Waals surface area contributed by atoms with Crippen LogP contribution in [0.5, 0.6) is 0 Å². The van der Waals surface area contributed by atoms with Crippen LogP contribution in [0.25, 0.3) is 0 Å². The summed E-state index contributed by atoms with van der Waals surface area (Å²) in [5.41, 5.74) is 0.857. The third-order valence-corrected chi connectivity index (χ3v) is 3.08. The largest absolute Gasteiger partial charge is 0.308 e. The van der Waals surface area contributed by atoms with Crippen LogP contribution in [0, 0.1) is 12.7 Å². The van der Waals surface area contributed by atoms with Crippen LogP contribution in [0.3, 0.4) is 0 Å². The number of nitrogens with one attached hydrogen (secondary N) is 1. The first-order valence-electron chi connectivity index (χ1n) is 6.71. The van der Waals surface area contributed by atoms with E-state index in [4.69, 9.17) is 0 Å². The van der Waals surface area contributed by atoms with E-state index in [0.29, 0.717) is 16.9 Å². The van der Waals surface area contributed by atoms with E-state index in [2.05, 4.69) is 15.3 Å². The zero-order chi connectivity index (χ0) is 15.4. The fraction of sp³-hybridized carbons (Fsp3) is 0.333. The third kappa shape index (κ3) is 4.13. The number of likely N-dealkylation sites (N-methyl/N-ethyl adjacent to an activating group) is 1. The molecule has 112 valence electrons. The molecule has 1 amide bonds. The summed E-state index contributed by atoms with van der Waals surface area (Å²) in [6, 6.07) is 6.01. The molecule has 0 bridgehead atoms. The summed E-state index contributed by atoms with van der Waals surface area (Å²) in [6.07, 6.45) is 1.81. The zero-order valence-corrected chi connectivity index (χ0v) is 12.4. The number of halogens is 1. The molecule has 1 aromatic carbocycles. The van der Waals surface area contributed by atoms with Gasteiger partial charge in [-0.15, -0.1) is 0 Å². The Balaban J connectivity index is 2.00. The molecule has 5 nitrogen and oxygen atoms in total. The Kier molecular flexibility index (Phi) is 4.70. The molecule has 0 aliphatic carbocycles. The number of carbonyl (C=O) groups is 1. The molecule has 0 aliphatic rings. The van der Waals surface area contributed by atoms with Gasteiger partial charge in [0, 0.05) is 24.4 Å². The molecule has 1 N–H and O–H groups in total. The fourth-order valence-corrected chi connectivity index (χ4v) is 1.83. The Morgan fingerprint density at radius 3 is 2.81 bits per heavy atom. The number of aromatic nitrogens is 2. The van der Waals surface area contributed by atoms with E-state index in [-0.39, 0.29) is 11.7 Å². The molecule has 1 aromatic heterocycles. The first-order valence-corrected chi connectivity index (χ1v) is 6.71. The number of carbonyl (C=O) groups excluding carboxylic acids is 1. The molecule has 6 heteroatoms. The molecule has 2 rings (SSSR count). The van der Waals surface area contributed by atoms with Gasteiger partial charge in [-0.1, -0.05) is 0 Å². The summed E-state index contributed by atoms with van der Waals surface area (Å²) >= 11 is 0. The molecule has 0 saturated heterocycles. The minimum atomic E-state index is -0.320. The first kappa shape index (κ1) is 15.2. The van der Waals surface area contributed by atoms with Crippen LogP contribution in [0.4, 0.5) is 10.2 Å². The van der Waals surface area contributed by atoms with Gasteiger partial charge in [0.2, 0.25) is 0 Å². The Morgan fingerprint density at radius 2 is 2.14 bits per heavy atom. The highest BCUT2D eigenvalue weighted by Gasteiger charge is 2.09. The van der Waals surface area contributed by atoms with Gasteiger partial charge in [0.15, 0.2) is 5.82 Å². The monoisotopic (exact) mass is 290 g/mol. The Hall–Kier alpha value is -2.21. The minimum absolute atomic E-state index is 0.295. The average molecular weight is 290 g/mol. The number of nitrogens with zero attached hydrogens (tertiary/aromatic N) is 3. The number of rotatable bonds is 5. The molecule has 0 unspecified atom stereocenters. The van der Waals surface area contributed by atoms with Crippen LogP contribution >= 0.6 is 0 Å². The van der Waals surface area contributed by atoms with Crippen molar-refractivity contribution in [1.82, 2.24) is 14.7 Å². The number of anilines is 1. The Labute approximate surface area is 123 Å². The van der Waals surface area contributed by atoms with E-state index in [1.807, 2.05) is 20.3 Å². The van der Waals surface area contributed by atoms with Gasteiger partial charge in [0.1, 0.15) is 5.82 Å². The lowest BCUT2D eigenvalue weighted by molar-refractivity contribution is 0.102. The molecule has 0 aliphatic heterocycles. The van der Waals surface area contributed by atoms with Crippen molar-refractivity contribution < 1.29 is 9.18 Å². The Morgan fingerprint density at radius 1 is 1.38 bits per heavy atom. The lowest BCUT2D eigenvalue weighted by Crippen LogP contribution is -2.19. The van der Waals surface area contributed by atoms with Gasteiger partial charge in [0.25, 0.3) is 5.91 Å².